The van der Waals surface area contributed by atoms with Gasteiger partial charge in [-0.1, -0.05) is 6.92 Å². The van der Waals surface area contributed by atoms with E-state index in [1.165, 1.54) is 7.11 Å². The summed E-state index contributed by atoms with van der Waals surface area (Å²) < 4.78 is 10.2. The van der Waals surface area contributed by atoms with E-state index in [2.05, 4.69) is 15.0 Å². The van der Waals surface area contributed by atoms with Gasteiger partial charge in [0.05, 0.1) is 7.11 Å². The fraction of sp³-hybridized carbons (Fsp3) is 0.385. The van der Waals surface area contributed by atoms with Gasteiger partial charge in [0.15, 0.2) is 11.5 Å². The summed E-state index contributed by atoms with van der Waals surface area (Å²) >= 11 is 0. The lowest BCUT2D eigenvalue weighted by Crippen LogP contribution is -2.27. The number of hydrogen-bond acceptors (Lipinski definition) is 5. The SMILES string of the molecule is CCc1nc2cc(NC(C)C(=O)OC)ccc2o1. The number of nitrogens with zero attached hydrogens (tertiary/aromatic N) is 1. The Morgan fingerprint density at radius 1 is 1.56 bits per heavy atom. The van der Waals surface area contributed by atoms with Crippen LogP contribution in [0.15, 0.2) is 22.6 Å². The van der Waals surface area contributed by atoms with E-state index in [0.717, 1.165) is 23.2 Å². The Balaban J connectivity index is 2.21. The third-order valence-corrected chi connectivity index (χ3v) is 2.67. The molecule has 0 spiro atoms. The highest BCUT2D eigenvalue weighted by Crippen LogP contribution is 2.20. The van der Waals surface area contributed by atoms with E-state index in [0.29, 0.717) is 5.89 Å². The van der Waals surface area contributed by atoms with Crippen molar-refractivity contribution in [1.82, 2.24) is 4.98 Å². The van der Waals surface area contributed by atoms with Crippen molar-refractivity contribution in [3.63, 3.8) is 0 Å². The summed E-state index contributed by atoms with van der Waals surface area (Å²) in [6.45, 7) is 3.74. The molecular formula is C13H16N2O3. The molecule has 0 saturated carbocycles. The first-order valence-electron chi connectivity index (χ1n) is 5.88. The molecule has 1 heterocycles. The highest BCUT2D eigenvalue weighted by Gasteiger charge is 2.13. The zero-order valence-electron chi connectivity index (χ0n) is 10.7. The van der Waals surface area contributed by atoms with Crippen molar-refractivity contribution in [3.05, 3.63) is 24.1 Å². The Hall–Kier alpha value is -2.04. The molecule has 0 aliphatic carbocycles. The van der Waals surface area contributed by atoms with Crippen molar-refractivity contribution in [3.8, 4) is 0 Å². The van der Waals surface area contributed by atoms with Crippen LogP contribution in [0.1, 0.15) is 19.7 Å². The van der Waals surface area contributed by atoms with Crippen molar-refractivity contribution in [2.24, 2.45) is 0 Å². The summed E-state index contributed by atoms with van der Waals surface area (Å²) in [7, 11) is 1.37. The standard InChI is InChI=1S/C13H16N2O3/c1-4-12-15-10-7-9(5-6-11(10)18-12)14-8(2)13(16)17-3/h5-8,14H,4H2,1-3H3. The summed E-state index contributed by atoms with van der Waals surface area (Å²) in [6, 6.07) is 5.16. The van der Waals surface area contributed by atoms with Gasteiger partial charge in [0.2, 0.25) is 0 Å². The first kappa shape index (κ1) is 12.4. The molecule has 1 atom stereocenters. The monoisotopic (exact) mass is 248 g/mol. The van der Waals surface area contributed by atoms with Gasteiger partial charge in [-0.15, -0.1) is 0 Å². The van der Waals surface area contributed by atoms with E-state index in [1.807, 2.05) is 25.1 Å². The maximum absolute atomic E-state index is 11.3. The van der Waals surface area contributed by atoms with Gasteiger partial charge >= 0.3 is 5.97 Å². The maximum atomic E-state index is 11.3. The number of carbonyl (C=O) groups is 1. The van der Waals surface area contributed by atoms with Gasteiger partial charge < -0.3 is 14.5 Å². The lowest BCUT2D eigenvalue weighted by molar-refractivity contribution is -0.141. The van der Waals surface area contributed by atoms with Crippen LogP contribution in [-0.2, 0) is 16.0 Å². The summed E-state index contributed by atoms with van der Waals surface area (Å²) in [4.78, 5) is 15.7. The molecule has 0 fully saturated rings. The van der Waals surface area contributed by atoms with Gasteiger partial charge in [0.1, 0.15) is 11.6 Å². The molecule has 5 nitrogen and oxygen atoms in total. The van der Waals surface area contributed by atoms with Crippen molar-refractivity contribution < 1.29 is 13.9 Å². The number of ether oxygens (including phenoxy) is 1. The number of nitrogens with one attached hydrogen (secondary N) is 1. The molecule has 0 amide bonds. The quantitative estimate of drug-likeness (QED) is 0.841. The molecule has 1 aromatic carbocycles. The number of fused-ring (bicyclic) bond motifs is 1. The fourth-order valence-corrected chi connectivity index (χ4v) is 1.70. The number of carbonyl (C=O) groups excluding carboxylic acids is 1. The molecule has 1 aromatic heterocycles. The minimum atomic E-state index is -0.398. The highest BCUT2D eigenvalue weighted by atomic mass is 16.5. The Kier molecular flexibility index (Phi) is 3.50. The third kappa shape index (κ3) is 2.45. The van der Waals surface area contributed by atoms with E-state index in [1.54, 1.807) is 6.92 Å². The van der Waals surface area contributed by atoms with Gasteiger partial charge in [-0.05, 0) is 25.1 Å². The number of esters is 1. The van der Waals surface area contributed by atoms with Gasteiger partial charge in [-0.2, -0.15) is 0 Å². The number of aromatic nitrogens is 1. The third-order valence-electron chi connectivity index (χ3n) is 2.67. The van der Waals surface area contributed by atoms with Crippen LogP contribution in [0.25, 0.3) is 11.1 Å². The molecule has 1 N–H and O–H groups in total. The predicted molar refractivity (Wildman–Crippen MR) is 68.5 cm³/mol. The summed E-state index contributed by atoms with van der Waals surface area (Å²) in [5, 5.41) is 3.06. The van der Waals surface area contributed by atoms with E-state index >= 15 is 0 Å². The summed E-state index contributed by atoms with van der Waals surface area (Å²) in [5.41, 5.74) is 2.35. The van der Waals surface area contributed by atoms with E-state index < -0.39 is 6.04 Å². The number of aryl methyl sites for hydroxylation is 1. The van der Waals surface area contributed by atoms with Crippen LogP contribution >= 0.6 is 0 Å². The van der Waals surface area contributed by atoms with Crippen LogP contribution in [0.5, 0.6) is 0 Å². The molecule has 0 aliphatic rings. The number of rotatable bonds is 4. The number of benzene rings is 1. The molecule has 0 aliphatic heterocycles. The molecule has 96 valence electrons. The molecular weight excluding hydrogens is 232 g/mol. The maximum Gasteiger partial charge on any atom is 0.327 e. The van der Waals surface area contributed by atoms with Gasteiger partial charge in [0.25, 0.3) is 0 Å². The molecule has 0 radical (unpaired) electrons. The zero-order valence-corrected chi connectivity index (χ0v) is 10.7. The highest BCUT2D eigenvalue weighted by molar-refractivity contribution is 5.81. The second-order valence-electron chi connectivity index (χ2n) is 4.03. The van der Waals surface area contributed by atoms with Crippen LogP contribution in [0.3, 0.4) is 0 Å². The van der Waals surface area contributed by atoms with Crippen molar-refractivity contribution in [2.45, 2.75) is 26.3 Å². The fourth-order valence-electron chi connectivity index (χ4n) is 1.70. The molecule has 0 saturated heterocycles. The number of anilines is 1. The Morgan fingerprint density at radius 2 is 2.33 bits per heavy atom. The lowest BCUT2D eigenvalue weighted by Gasteiger charge is -2.12. The van der Waals surface area contributed by atoms with E-state index in [4.69, 9.17) is 4.42 Å². The first-order valence-corrected chi connectivity index (χ1v) is 5.88. The smallest absolute Gasteiger partial charge is 0.327 e. The first-order chi connectivity index (χ1) is 8.63. The van der Waals surface area contributed by atoms with Crippen molar-refractivity contribution in [1.29, 1.82) is 0 Å². The van der Waals surface area contributed by atoms with Crippen molar-refractivity contribution in [2.75, 3.05) is 12.4 Å². The minimum absolute atomic E-state index is 0.301. The zero-order chi connectivity index (χ0) is 13.1. The predicted octanol–water partition coefficient (Wildman–Crippen LogP) is 2.36. The molecule has 1 unspecified atom stereocenters. The molecule has 2 aromatic rings. The lowest BCUT2D eigenvalue weighted by atomic mass is 10.2. The Morgan fingerprint density at radius 3 is 3.00 bits per heavy atom. The molecule has 0 bridgehead atoms. The van der Waals surface area contributed by atoms with Crippen LogP contribution < -0.4 is 5.32 Å². The van der Waals surface area contributed by atoms with Gasteiger partial charge in [-0.3, -0.25) is 0 Å². The topological polar surface area (TPSA) is 64.4 Å². The van der Waals surface area contributed by atoms with E-state index in [-0.39, 0.29) is 5.97 Å². The second kappa shape index (κ2) is 5.08. The number of oxazole rings is 1. The molecule has 2 rings (SSSR count). The van der Waals surface area contributed by atoms with Crippen LogP contribution in [0.2, 0.25) is 0 Å². The normalized spacial score (nSPS) is 12.4. The van der Waals surface area contributed by atoms with Crippen LogP contribution in [-0.4, -0.2) is 24.1 Å². The summed E-state index contributed by atoms with van der Waals surface area (Å²) in [5.74, 6) is 0.410. The molecule has 18 heavy (non-hydrogen) atoms. The average molecular weight is 248 g/mol. The van der Waals surface area contributed by atoms with Gasteiger partial charge in [0, 0.05) is 12.1 Å². The number of methoxy groups -OCH3 is 1. The Bertz CT molecular complexity index is 562. The molecule has 5 heteroatoms. The van der Waals surface area contributed by atoms with E-state index in [9.17, 15) is 4.79 Å². The Labute approximate surface area is 105 Å². The number of hydrogen-bond donors (Lipinski definition) is 1. The summed E-state index contributed by atoms with van der Waals surface area (Å²) in [6.07, 6.45) is 0.760. The van der Waals surface area contributed by atoms with Crippen LogP contribution in [0, 0.1) is 0 Å². The van der Waals surface area contributed by atoms with Crippen LogP contribution in [0.4, 0.5) is 5.69 Å². The average Bonchev–Trinajstić information content (AvgIpc) is 2.79. The van der Waals surface area contributed by atoms with Crippen molar-refractivity contribution >= 4 is 22.8 Å². The van der Waals surface area contributed by atoms with Gasteiger partial charge in [-0.25, -0.2) is 9.78 Å². The minimum Gasteiger partial charge on any atom is -0.467 e. The second-order valence-corrected chi connectivity index (χ2v) is 4.03. The largest absolute Gasteiger partial charge is 0.467 e.